The number of rotatable bonds is 13. The minimum absolute atomic E-state index is 0.196. The molecule has 2 heterocycles. The number of hydrogen-bond acceptors (Lipinski definition) is 6. The van der Waals surface area contributed by atoms with Gasteiger partial charge in [-0.15, -0.1) is 0 Å². The maximum absolute atomic E-state index is 10.7. The second-order valence-electron chi connectivity index (χ2n) is 10.1. The average molecular weight is 569 g/mol. The summed E-state index contributed by atoms with van der Waals surface area (Å²) in [6.45, 7) is 3.02. The van der Waals surface area contributed by atoms with E-state index >= 15 is 0 Å². The Morgan fingerprint density at radius 3 is 2.64 bits per heavy atom. The summed E-state index contributed by atoms with van der Waals surface area (Å²) in [5, 5.41) is 9.88. The van der Waals surface area contributed by atoms with Crippen molar-refractivity contribution in [3.8, 4) is 23.0 Å². The second kappa shape index (κ2) is 11.8. The molecule has 204 valence electrons. The van der Waals surface area contributed by atoms with Crippen molar-refractivity contribution in [2.75, 3.05) is 6.61 Å². The number of benzene rings is 2. The van der Waals surface area contributed by atoms with Gasteiger partial charge in [0.1, 0.15) is 23.5 Å². The van der Waals surface area contributed by atoms with Crippen LogP contribution in [0.25, 0.3) is 22.6 Å². The van der Waals surface area contributed by atoms with Gasteiger partial charge < -0.3 is 19.1 Å². The quantitative estimate of drug-likeness (QED) is 0.170. The first kappa shape index (κ1) is 27.2. The highest BCUT2D eigenvalue weighted by atomic mass is 35.5. The van der Waals surface area contributed by atoms with Gasteiger partial charge in [-0.2, -0.15) is 4.98 Å². The van der Waals surface area contributed by atoms with Crippen LogP contribution in [0.3, 0.4) is 0 Å². The van der Waals surface area contributed by atoms with E-state index in [2.05, 4.69) is 16.9 Å². The van der Waals surface area contributed by atoms with Crippen LogP contribution in [0.1, 0.15) is 57.4 Å². The van der Waals surface area contributed by atoms with Crippen LogP contribution in [0.2, 0.25) is 10.0 Å². The van der Waals surface area contributed by atoms with Crippen LogP contribution >= 0.6 is 23.2 Å². The Kier molecular flexibility index (Phi) is 8.23. The number of imidazole rings is 1. The first-order valence-electron chi connectivity index (χ1n) is 13.1. The van der Waals surface area contributed by atoms with Crippen molar-refractivity contribution in [3.05, 3.63) is 64.4 Å². The summed E-state index contributed by atoms with van der Waals surface area (Å²) in [4.78, 5) is 24.6. The van der Waals surface area contributed by atoms with E-state index in [1.54, 1.807) is 0 Å². The standard InChI is InChI=1S/C29H30Cl2N4O4/c1-29(13-14-29)39-28-25-27(32-18-33-28)35(17-19-8-6-9-20(30)16-19)26(34-25)21-10-7-11-22(24(21)31)38-15-5-3-2-4-12-23(36)37/h6-11,16,18H,2-5,12-15,17H2,1H3,(H,36,37). The van der Waals surface area contributed by atoms with Gasteiger partial charge in [0.25, 0.3) is 0 Å². The summed E-state index contributed by atoms with van der Waals surface area (Å²) < 4.78 is 14.2. The molecule has 1 N–H and O–H groups in total. The van der Waals surface area contributed by atoms with Crippen LogP contribution in [0.4, 0.5) is 0 Å². The number of aliphatic carboxylic acids is 1. The molecule has 0 radical (unpaired) electrons. The molecule has 0 atom stereocenters. The van der Waals surface area contributed by atoms with Crippen LogP contribution in [-0.2, 0) is 11.3 Å². The Morgan fingerprint density at radius 1 is 1.08 bits per heavy atom. The van der Waals surface area contributed by atoms with Crippen LogP contribution < -0.4 is 9.47 Å². The molecular weight excluding hydrogens is 539 g/mol. The maximum atomic E-state index is 10.7. The van der Waals surface area contributed by atoms with E-state index in [0.717, 1.165) is 37.7 Å². The van der Waals surface area contributed by atoms with Crippen LogP contribution in [0, 0.1) is 0 Å². The molecule has 8 nitrogen and oxygen atoms in total. The molecule has 39 heavy (non-hydrogen) atoms. The molecule has 5 rings (SSSR count). The predicted octanol–water partition coefficient (Wildman–Crippen LogP) is 7.19. The third-order valence-electron chi connectivity index (χ3n) is 6.77. The van der Waals surface area contributed by atoms with Gasteiger partial charge in [0, 0.05) is 17.0 Å². The van der Waals surface area contributed by atoms with E-state index in [4.69, 9.17) is 42.8 Å². The van der Waals surface area contributed by atoms with Gasteiger partial charge in [-0.25, -0.2) is 9.97 Å². The van der Waals surface area contributed by atoms with E-state index < -0.39 is 5.97 Å². The zero-order valence-electron chi connectivity index (χ0n) is 21.7. The Morgan fingerprint density at radius 2 is 1.87 bits per heavy atom. The van der Waals surface area contributed by atoms with Gasteiger partial charge in [0.05, 0.1) is 18.2 Å². The highest BCUT2D eigenvalue weighted by Crippen LogP contribution is 2.42. The van der Waals surface area contributed by atoms with Crippen molar-refractivity contribution in [2.45, 2.75) is 64.0 Å². The van der Waals surface area contributed by atoms with Gasteiger partial charge >= 0.3 is 5.97 Å². The van der Waals surface area contributed by atoms with E-state index in [0.29, 0.717) is 63.8 Å². The predicted molar refractivity (Wildman–Crippen MR) is 151 cm³/mol. The molecule has 0 amide bonds. The van der Waals surface area contributed by atoms with E-state index in [1.807, 2.05) is 47.0 Å². The van der Waals surface area contributed by atoms with Crippen LogP contribution in [0.5, 0.6) is 11.6 Å². The molecule has 0 bridgehead atoms. The minimum atomic E-state index is -0.761. The van der Waals surface area contributed by atoms with Gasteiger partial charge in [-0.3, -0.25) is 4.79 Å². The smallest absolute Gasteiger partial charge is 0.303 e. The van der Waals surface area contributed by atoms with Crippen molar-refractivity contribution in [2.24, 2.45) is 0 Å². The zero-order chi connectivity index (χ0) is 27.4. The molecule has 2 aromatic heterocycles. The summed E-state index contributed by atoms with van der Waals surface area (Å²) in [6.07, 6.45) is 6.85. The third kappa shape index (κ3) is 6.62. The molecule has 1 aliphatic rings. The van der Waals surface area contributed by atoms with Gasteiger partial charge in [-0.05, 0) is 62.4 Å². The van der Waals surface area contributed by atoms with E-state index in [-0.39, 0.29) is 12.0 Å². The van der Waals surface area contributed by atoms with Gasteiger partial charge in [0.15, 0.2) is 11.2 Å². The van der Waals surface area contributed by atoms with Crippen LogP contribution in [-0.4, -0.2) is 42.8 Å². The topological polar surface area (TPSA) is 99.4 Å². The molecule has 10 heteroatoms. The van der Waals surface area contributed by atoms with Crippen molar-refractivity contribution < 1.29 is 19.4 Å². The molecule has 0 aliphatic heterocycles. The summed E-state index contributed by atoms with van der Waals surface area (Å²) >= 11 is 13.2. The van der Waals surface area contributed by atoms with Gasteiger partial charge in [0.2, 0.25) is 5.88 Å². The Balaban J connectivity index is 1.44. The van der Waals surface area contributed by atoms with E-state index in [1.165, 1.54) is 6.33 Å². The highest BCUT2D eigenvalue weighted by Gasteiger charge is 2.41. The minimum Gasteiger partial charge on any atom is -0.492 e. The van der Waals surface area contributed by atoms with Crippen molar-refractivity contribution in [3.63, 3.8) is 0 Å². The number of nitrogens with zero attached hydrogens (tertiary/aromatic N) is 4. The van der Waals surface area contributed by atoms with Crippen molar-refractivity contribution >= 4 is 40.3 Å². The number of carboxylic acid groups (broad SMARTS) is 1. The third-order valence-corrected chi connectivity index (χ3v) is 7.40. The number of fused-ring (bicyclic) bond motifs is 1. The Bertz CT molecular complexity index is 1490. The molecule has 0 unspecified atom stereocenters. The fourth-order valence-electron chi connectivity index (χ4n) is 4.38. The SMILES string of the molecule is CC1(Oc2ncnc3c2nc(-c2cccc(OCCCCCCC(=O)O)c2Cl)n3Cc2cccc(Cl)c2)CC1. The second-order valence-corrected chi connectivity index (χ2v) is 10.9. The summed E-state index contributed by atoms with van der Waals surface area (Å²) in [7, 11) is 0. The highest BCUT2D eigenvalue weighted by molar-refractivity contribution is 6.34. The lowest BCUT2D eigenvalue weighted by Gasteiger charge is -2.13. The summed E-state index contributed by atoms with van der Waals surface area (Å²) in [5.74, 6) is 0.884. The number of unbranched alkanes of at least 4 members (excludes halogenated alkanes) is 3. The molecule has 2 aromatic carbocycles. The maximum Gasteiger partial charge on any atom is 0.303 e. The lowest BCUT2D eigenvalue weighted by molar-refractivity contribution is -0.137. The molecule has 0 spiro atoms. The number of halogens is 2. The zero-order valence-corrected chi connectivity index (χ0v) is 23.2. The fraction of sp³-hybridized carbons (Fsp3) is 0.379. The number of carbonyl (C=O) groups is 1. The lowest BCUT2D eigenvalue weighted by Crippen LogP contribution is -2.13. The molecular formula is C29H30Cl2N4O4. The van der Waals surface area contributed by atoms with Crippen LogP contribution in [0.15, 0.2) is 48.8 Å². The molecule has 1 fully saturated rings. The van der Waals surface area contributed by atoms with Crippen molar-refractivity contribution in [1.29, 1.82) is 0 Å². The number of hydrogen-bond donors (Lipinski definition) is 1. The van der Waals surface area contributed by atoms with Crippen molar-refractivity contribution in [1.82, 2.24) is 19.5 Å². The molecule has 0 saturated heterocycles. The Labute approximate surface area is 236 Å². The normalized spacial score (nSPS) is 13.9. The van der Waals surface area contributed by atoms with E-state index in [9.17, 15) is 4.79 Å². The number of aromatic nitrogens is 4. The molecule has 1 aliphatic carbocycles. The van der Waals surface area contributed by atoms with Gasteiger partial charge in [-0.1, -0.05) is 54.2 Å². The first-order chi connectivity index (χ1) is 18.8. The number of carboxylic acids is 1. The lowest BCUT2D eigenvalue weighted by atomic mass is 10.1. The summed E-state index contributed by atoms with van der Waals surface area (Å²) in [5.41, 5.74) is 2.69. The number of ether oxygens (including phenoxy) is 2. The average Bonchev–Trinajstić information content (AvgIpc) is 3.52. The largest absolute Gasteiger partial charge is 0.492 e. The molecule has 1 saturated carbocycles. The first-order valence-corrected chi connectivity index (χ1v) is 13.9. The fourth-order valence-corrected chi connectivity index (χ4v) is 4.86. The summed E-state index contributed by atoms with van der Waals surface area (Å²) in [6, 6.07) is 13.3. The Hall–Kier alpha value is -3.36. The molecule has 4 aromatic rings. The monoisotopic (exact) mass is 568 g/mol.